The Bertz CT molecular complexity index is 608. The summed E-state index contributed by atoms with van der Waals surface area (Å²) in [5, 5.41) is 2.52. The molecule has 134 valence electrons. The summed E-state index contributed by atoms with van der Waals surface area (Å²) in [6.45, 7) is 3.62. The van der Waals surface area contributed by atoms with Gasteiger partial charge in [-0.1, -0.05) is 17.7 Å². The number of halogens is 7. The average Bonchev–Trinajstić information content (AvgIpc) is 2.36. The van der Waals surface area contributed by atoms with E-state index >= 15 is 0 Å². The van der Waals surface area contributed by atoms with Crippen LogP contribution in [0.5, 0.6) is 0 Å². The minimum atomic E-state index is -4.77. The summed E-state index contributed by atoms with van der Waals surface area (Å²) < 4.78 is 69.9. The third kappa shape index (κ3) is 5.63. The average molecular weight is 375 g/mol. The van der Waals surface area contributed by atoms with Crippen molar-refractivity contribution in [2.45, 2.75) is 31.9 Å². The highest BCUT2D eigenvalue weighted by Crippen LogP contribution is 2.42. The van der Waals surface area contributed by atoms with Gasteiger partial charge in [-0.25, -0.2) is 9.69 Å². The maximum absolute atomic E-state index is 13.0. The van der Waals surface area contributed by atoms with Gasteiger partial charge in [0.2, 0.25) is 0 Å². The summed E-state index contributed by atoms with van der Waals surface area (Å²) in [5.41, 5.74) is 0.658. The lowest BCUT2D eigenvalue weighted by molar-refractivity contribution is -0.235. The zero-order valence-corrected chi connectivity index (χ0v) is 13.1. The van der Waals surface area contributed by atoms with Crippen LogP contribution < -0.4 is 5.32 Å². The van der Waals surface area contributed by atoms with E-state index in [0.717, 1.165) is 0 Å². The lowest BCUT2D eigenvalue weighted by atomic mass is 9.98. The summed E-state index contributed by atoms with van der Waals surface area (Å²) in [5.74, 6) is 0. The summed E-state index contributed by atoms with van der Waals surface area (Å²) in [6, 6.07) is 2.06. The standard InChI is InChI=1S/C12H10ClF3N2O.C2H3F3/c1-2-3-10-8-6-7(13)4-5-9(8)17-11(19)18(10)12(14,15)16;1-2(3,4)5/h2,4-6,10H,1,3H2,(H,17,19);1H3. The second-order valence-electron chi connectivity index (χ2n) is 4.82. The molecule has 1 aromatic carbocycles. The molecule has 0 saturated carbocycles. The van der Waals surface area contributed by atoms with Crippen molar-refractivity contribution in [3.05, 3.63) is 41.4 Å². The van der Waals surface area contributed by atoms with Gasteiger partial charge in [0, 0.05) is 23.2 Å². The second kappa shape index (κ2) is 7.33. The number of hydrogen-bond donors (Lipinski definition) is 1. The molecule has 2 amide bonds. The Hall–Kier alpha value is -1.90. The summed E-state index contributed by atoms with van der Waals surface area (Å²) in [6.07, 6.45) is -7.44. The Labute approximate surface area is 138 Å². The van der Waals surface area contributed by atoms with E-state index in [9.17, 15) is 31.1 Å². The number of amides is 2. The number of fused-ring (bicyclic) bond motifs is 1. The first-order valence-electron chi connectivity index (χ1n) is 6.48. The highest BCUT2D eigenvalue weighted by Gasteiger charge is 2.48. The van der Waals surface area contributed by atoms with Crippen molar-refractivity contribution in [2.24, 2.45) is 0 Å². The molecule has 0 aromatic heterocycles. The molecule has 1 heterocycles. The van der Waals surface area contributed by atoms with Crippen LogP contribution in [0.3, 0.4) is 0 Å². The number of anilines is 1. The first-order valence-corrected chi connectivity index (χ1v) is 6.86. The molecule has 2 rings (SSSR count). The van der Waals surface area contributed by atoms with Crippen LogP contribution in [0, 0.1) is 0 Å². The minimum absolute atomic E-state index is 0.0136. The van der Waals surface area contributed by atoms with Crippen molar-refractivity contribution < 1.29 is 31.1 Å². The minimum Gasteiger partial charge on any atom is -0.307 e. The third-order valence-electron chi connectivity index (χ3n) is 2.81. The lowest BCUT2D eigenvalue weighted by Crippen LogP contribution is -2.50. The second-order valence-corrected chi connectivity index (χ2v) is 5.26. The van der Waals surface area contributed by atoms with Gasteiger partial charge in [0.25, 0.3) is 0 Å². The first-order chi connectivity index (χ1) is 10.8. The van der Waals surface area contributed by atoms with Crippen LogP contribution in [0.15, 0.2) is 30.9 Å². The lowest BCUT2D eigenvalue weighted by Gasteiger charge is -2.37. The molecule has 1 aliphatic heterocycles. The molecule has 1 aromatic rings. The molecule has 1 atom stereocenters. The summed E-state index contributed by atoms with van der Waals surface area (Å²) in [7, 11) is 0. The number of urea groups is 1. The fraction of sp³-hybridized carbons (Fsp3) is 0.357. The highest BCUT2D eigenvalue weighted by atomic mass is 35.5. The van der Waals surface area contributed by atoms with E-state index in [1.165, 1.54) is 24.3 Å². The van der Waals surface area contributed by atoms with Crippen LogP contribution in [0.4, 0.5) is 36.8 Å². The summed E-state index contributed by atoms with van der Waals surface area (Å²) >= 11 is 5.80. The van der Waals surface area contributed by atoms with Crippen LogP contribution in [0.1, 0.15) is 24.9 Å². The van der Waals surface area contributed by atoms with E-state index in [1.54, 1.807) is 0 Å². The fourth-order valence-electron chi connectivity index (χ4n) is 2.06. The first kappa shape index (κ1) is 20.1. The number of benzene rings is 1. The van der Waals surface area contributed by atoms with Gasteiger partial charge in [-0.2, -0.15) is 13.2 Å². The molecule has 0 fully saturated rings. The van der Waals surface area contributed by atoms with Crippen LogP contribution >= 0.6 is 11.6 Å². The number of alkyl halides is 6. The topological polar surface area (TPSA) is 32.3 Å². The van der Waals surface area contributed by atoms with Crippen molar-refractivity contribution in [1.29, 1.82) is 0 Å². The molecular weight excluding hydrogens is 362 g/mol. The van der Waals surface area contributed by atoms with Gasteiger partial charge in [-0.05, 0) is 24.6 Å². The van der Waals surface area contributed by atoms with Crippen LogP contribution in [0.2, 0.25) is 5.02 Å². The molecule has 1 N–H and O–H groups in total. The van der Waals surface area contributed by atoms with E-state index in [4.69, 9.17) is 11.6 Å². The molecule has 3 nitrogen and oxygen atoms in total. The Morgan fingerprint density at radius 1 is 1.29 bits per heavy atom. The fourth-order valence-corrected chi connectivity index (χ4v) is 2.24. The van der Waals surface area contributed by atoms with E-state index in [1.807, 2.05) is 0 Å². The Morgan fingerprint density at radius 2 is 1.83 bits per heavy atom. The number of carbonyl (C=O) groups is 1. The number of nitrogens with zero attached hydrogens (tertiary/aromatic N) is 1. The molecule has 10 heteroatoms. The van der Waals surface area contributed by atoms with Crippen LogP contribution in [0.25, 0.3) is 0 Å². The van der Waals surface area contributed by atoms with Gasteiger partial charge in [0.1, 0.15) is 0 Å². The Morgan fingerprint density at radius 3 is 2.29 bits per heavy atom. The quantitative estimate of drug-likeness (QED) is 0.390. The maximum atomic E-state index is 13.0. The number of carbonyl (C=O) groups excluding carboxylic acids is 1. The molecular formula is C14H13ClF6N2O. The number of hydrogen-bond acceptors (Lipinski definition) is 1. The number of nitrogens with one attached hydrogen (secondary N) is 1. The molecule has 0 bridgehead atoms. The van der Waals surface area contributed by atoms with Crippen molar-refractivity contribution >= 4 is 23.3 Å². The Kier molecular flexibility index (Phi) is 6.15. The van der Waals surface area contributed by atoms with E-state index in [2.05, 4.69) is 11.9 Å². The van der Waals surface area contributed by atoms with E-state index < -0.39 is 24.5 Å². The van der Waals surface area contributed by atoms with Crippen molar-refractivity contribution in [3.8, 4) is 0 Å². The van der Waals surface area contributed by atoms with Crippen LogP contribution in [-0.2, 0) is 0 Å². The van der Waals surface area contributed by atoms with Crippen LogP contribution in [-0.4, -0.2) is 23.4 Å². The predicted molar refractivity (Wildman–Crippen MR) is 77.6 cm³/mol. The molecule has 0 radical (unpaired) electrons. The zero-order valence-electron chi connectivity index (χ0n) is 12.3. The smallest absolute Gasteiger partial charge is 0.307 e. The third-order valence-corrected chi connectivity index (χ3v) is 3.04. The van der Waals surface area contributed by atoms with Crippen molar-refractivity contribution in [2.75, 3.05) is 5.32 Å². The van der Waals surface area contributed by atoms with Gasteiger partial charge < -0.3 is 5.32 Å². The van der Waals surface area contributed by atoms with Gasteiger partial charge in [0.05, 0.1) is 6.04 Å². The molecule has 1 unspecified atom stereocenters. The number of rotatable bonds is 2. The monoisotopic (exact) mass is 374 g/mol. The predicted octanol–water partition coefficient (Wildman–Crippen LogP) is 5.89. The summed E-state index contributed by atoms with van der Waals surface area (Å²) in [4.78, 5) is 11.5. The van der Waals surface area contributed by atoms with E-state index in [0.29, 0.717) is 16.3 Å². The largest absolute Gasteiger partial charge is 0.489 e. The highest BCUT2D eigenvalue weighted by molar-refractivity contribution is 6.30. The van der Waals surface area contributed by atoms with Gasteiger partial charge >= 0.3 is 18.5 Å². The zero-order chi connectivity index (χ0) is 18.7. The molecule has 24 heavy (non-hydrogen) atoms. The van der Waals surface area contributed by atoms with Crippen molar-refractivity contribution in [3.63, 3.8) is 0 Å². The van der Waals surface area contributed by atoms with Gasteiger partial charge in [-0.15, -0.1) is 19.8 Å². The van der Waals surface area contributed by atoms with Gasteiger partial charge in [-0.3, -0.25) is 0 Å². The molecule has 0 aliphatic carbocycles. The SMILES string of the molecule is C=CCC1c2cc(Cl)ccc2NC(=O)N1C(F)(F)F.CC(F)(F)F. The molecule has 0 spiro atoms. The normalized spacial score (nSPS) is 17.4. The Balaban J connectivity index is 0.000000505. The van der Waals surface area contributed by atoms with Gasteiger partial charge in [0.15, 0.2) is 0 Å². The van der Waals surface area contributed by atoms with Crippen molar-refractivity contribution in [1.82, 2.24) is 4.90 Å². The molecule has 1 aliphatic rings. The maximum Gasteiger partial charge on any atom is 0.489 e. The van der Waals surface area contributed by atoms with E-state index in [-0.39, 0.29) is 18.2 Å². The molecule has 0 saturated heterocycles.